The van der Waals surface area contributed by atoms with E-state index in [0.717, 1.165) is 0 Å². The van der Waals surface area contributed by atoms with Gasteiger partial charge in [0.05, 0.1) is 20.0 Å². The van der Waals surface area contributed by atoms with Crippen molar-refractivity contribution in [3.8, 4) is 5.75 Å². The number of aliphatic carboxylic acids is 1. The minimum Gasteiger partial charge on any atom is -0.496 e. The van der Waals surface area contributed by atoms with Gasteiger partial charge in [-0.3, -0.25) is 9.59 Å². The monoisotopic (exact) mass is 299 g/mol. The maximum absolute atomic E-state index is 12.0. The Balaban J connectivity index is 2.76. The van der Waals surface area contributed by atoms with E-state index in [9.17, 15) is 9.59 Å². The number of carboxylic acid groups (broad SMARTS) is 1. The van der Waals surface area contributed by atoms with Gasteiger partial charge in [0.25, 0.3) is 0 Å². The van der Waals surface area contributed by atoms with Crippen molar-refractivity contribution in [1.82, 2.24) is 5.32 Å². The largest absolute Gasteiger partial charge is 0.496 e. The van der Waals surface area contributed by atoms with E-state index in [1.807, 2.05) is 0 Å². The zero-order chi connectivity index (χ0) is 15.3. The van der Waals surface area contributed by atoms with Crippen LogP contribution in [0.1, 0.15) is 25.8 Å². The van der Waals surface area contributed by atoms with Gasteiger partial charge in [0.1, 0.15) is 5.75 Å². The van der Waals surface area contributed by atoms with Crippen LogP contribution in [0.4, 0.5) is 0 Å². The molecule has 0 aliphatic carbocycles. The molecule has 20 heavy (non-hydrogen) atoms. The Morgan fingerprint density at radius 1 is 1.40 bits per heavy atom. The van der Waals surface area contributed by atoms with Gasteiger partial charge in [-0.05, 0) is 32.0 Å². The number of carbonyl (C=O) groups excluding carboxylic acids is 1. The Morgan fingerprint density at radius 3 is 2.60 bits per heavy atom. The van der Waals surface area contributed by atoms with Crippen LogP contribution in [0, 0.1) is 0 Å². The highest BCUT2D eigenvalue weighted by Crippen LogP contribution is 2.23. The molecule has 1 aromatic carbocycles. The smallest absolute Gasteiger partial charge is 0.305 e. The van der Waals surface area contributed by atoms with Crippen LogP contribution in [0.2, 0.25) is 5.02 Å². The fraction of sp³-hybridized carbons (Fsp3) is 0.429. The van der Waals surface area contributed by atoms with Crippen LogP contribution in [0.3, 0.4) is 0 Å². The lowest BCUT2D eigenvalue weighted by Gasteiger charge is -2.24. The zero-order valence-corrected chi connectivity index (χ0v) is 12.5. The number of benzene rings is 1. The van der Waals surface area contributed by atoms with Crippen LogP contribution >= 0.6 is 11.6 Å². The van der Waals surface area contributed by atoms with E-state index >= 15 is 0 Å². The lowest BCUT2D eigenvalue weighted by atomic mass is 10.00. The first-order valence-electron chi connectivity index (χ1n) is 6.09. The average molecular weight is 300 g/mol. The lowest BCUT2D eigenvalue weighted by Crippen LogP contribution is -2.45. The van der Waals surface area contributed by atoms with Crippen LogP contribution in [0.25, 0.3) is 0 Å². The third-order valence-corrected chi connectivity index (χ3v) is 2.90. The van der Waals surface area contributed by atoms with Crippen molar-refractivity contribution in [3.63, 3.8) is 0 Å². The molecule has 0 radical (unpaired) electrons. The molecule has 0 saturated heterocycles. The van der Waals surface area contributed by atoms with Crippen LogP contribution in [0.15, 0.2) is 18.2 Å². The molecule has 1 rings (SSSR count). The van der Waals surface area contributed by atoms with Gasteiger partial charge in [-0.25, -0.2) is 0 Å². The predicted molar refractivity (Wildman–Crippen MR) is 76.2 cm³/mol. The summed E-state index contributed by atoms with van der Waals surface area (Å²) in [4.78, 5) is 22.7. The van der Waals surface area contributed by atoms with E-state index in [1.54, 1.807) is 32.0 Å². The van der Waals surface area contributed by atoms with Gasteiger partial charge in [0.15, 0.2) is 0 Å². The number of hydrogen-bond acceptors (Lipinski definition) is 3. The molecule has 0 saturated carbocycles. The third-order valence-electron chi connectivity index (χ3n) is 2.66. The quantitative estimate of drug-likeness (QED) is 0.845. The summed E-state index contributed by atoms with van der Waals surface area (Å²) in [5.41, 5.74) is -0.155. The Kier molecular flexibility index (Phi) is 5.39. The molecular weight excluding hydrogens is 282 g/mol. The number of methoxy groups -OCH3 is 1. The Bertz CT molecular complexity index is 514. The van der Waals surface area contributed by atoms with Crippen LogP contribution in [0.5, 0.6) is 5.75 Å². The first-order valence-corrected chi connectivity index (χ1v) is 6.46. The summed E-state index contributed by atoms with van der Waals surface area (Å²) in [6.07, 6.45) is -0.0712. The van der Waals surface area contributed by atoms with Gasteiger partial charge < -0.3 is 15.2 Å². The molecule has 0 aromatic heterocycles. The molecule has 1 amide bonds. The highest BCUT2D eigenvalue weighted by Gasteiger charge is 2.24. The van der Waals surface area contributed by atoms with Gasteiger partial charge in [-0.15, -0.1) is 0 Å². The second-order valence-electron chi connectivity index (χ2n) is 5.14. The molecule has 0 aliphatic rings. The number of rotatable bonds is 6. The topological polar surface area (TPSA) is 75.6 Å². The predicted octanol–water partition coefficient (Wildman–Crippen LogP) is 2.26. The van der Waals surface area contributed by atoms with Gasteiger partial charge in [-0.2, -0.15) is 0 Å². The van der Waals surface area contributed by atoms with Crippen molar-refractivity contribution in [1.29, 1.82) is 0 Å². The van der Waals surface area contributed by atoms with Gasteiger partial charge in [0.2, 0.25) is 5.91 Å². The Morgan fingerprint density at radius 2 is 2.05 bits per heavy atom. The summed E-state index contributed by atoms with van der Waals surface area (Å²) in [7, 11) is 1.51. The number of ether oxygens (including phenoxy) is 1. The maximum atomic E-state index is 12.0. The molecule has 0 aliphatic heterocycles. The molecule has 0 heterocycles. The zero-order valence-electron chi connectivity index (χ0n) is 11.7. The Hall–Kier alpha value is -1.75. The Labute approximate surface area is 122 Å². The number of carbonyl (C=O) groups is 2. The van der Waals surface area contributed by atoms with E-state index in [-0.39, 0.29) is 18.7 Å². The second kappa shape index (κ2) is 6.61. The molecule has 0 fully saturated rings. The number of hydrogen-bond donors (Lipinski definition) is 2. The summed E-state index contributed by atoms with van der Waals surface area (Å²) in [5, 5.41) is 12.0. The summed E-state index contributed by atoms with van der Waals surface area (Å²) in [5.74, 6) is -0.673. The fourth-order valence-electron chi connectivity index (χ4n) is 1.90. The molecule has 110 valence electrons. The standard InChI is InChI=1S/C14H18ClNO4/c1-14(2,8-13(18)19)16-12(17)7-9-6-10(15)4-5-11(9)20-3/h4-6H,7-8H2,1-3H3,(H,16,17)(H,18,19). The molecule has 0 spiro atoms. The lowest BCUT2D eigenvalue weighted by molar-refractivity contribution is -0.138. The molecule has 6 heteroatoms. The number of carboxylic acids is 1. The normalized spacial score (nSPS) is 11.0. The van der Waals surface area contributed by atoms with Crippen LogP contribution in [-0.4, -0.2) is 29.6 Å². The SMILES string of the molecule is COc1ccc(Cl)cc1CC(=O)NC(C)(C)CC(=O)O. The minimum atomic E-state index is -0.962. The number of nitrogens with one attached hydrogen (secondary N) is 1. The second-order valence-corrected chi connectivity index (χ2v) is 5.57. The van der Waals surface area contributed by atoms with E-state index in [2.05, 4.69) is 5.32 Å². The number of halogens is 1. The maximum Gasteiger partial charge on any atom is 0.305 e. The first-order chi connectivity index (χ1) is 9.23. The summed E-state index contributed by atoms with van der Waals surface area (Å²) < 4.78 is 5.16. The average Bonchev–Trinajstić information content (AvgIpc) is 2.26. The van der Waals surface area contributed by atoms with Crippen molar-refractivity contribution in [2.75, 3.05) is 7.11 Å². The summed E-state index contributed by atoms with van der Waals surface area (Å²) >= 11 is 5.89. The van der Waals surface area contributed by atoms with Crippen molar-refractivity contribution in [3.05, 3.63) is 28.8 Å². The van der Waals surface area contributed by atoms with Crippen LogP contribution < -0.4 is 10.1 Å². The van der Waals surface area contributed by atoms with Crippen molar-refractivity contribution in [2.24, 2.45) is 0 Å². The van der Waals surface area contributed by atoms with E-state index in [4.69, 9.17) is 21.4 Å². The minimum absolute atomic E-state index is 0.0762. The molecule has 0 bridgehead atoms. The van der Waals surface area contributed by atoms with Crippen molar-refractivity contribution < 1.29 is 19.4 Å². The van der Waals surface area contributed by atoms with E-state index in [1.165, 1.54) is 7.11 Å². The molecule has 1 aromatic rings. The summed E-state index contributed by atoms with van der Waals surface area (Å²) in [6.45, 7) is 3.32. The van der Waals surface area contributed by atoms with Crippen LogP contribution in [-0.2, 0) is 16.0 Å². The molecule has 5 nitrogen and oxygen atoms in total. The van der Waals surface area contributed by atoms with E-state index in [0.29, 0.717) is 16.3 Å². The highest BCUT2D eigenvalue weighted by molar-refractivity contribution is 6.30. The highest BCUT2D eigenvalue weighted by atomic mass is 35.5. The first kappa shape index (κ1) is 16.3. The van der Waals surface area contributed by atoms with Gasteiger partial charge >= 0.3 is 5.97 Å². The van der Waals surface area contributed by atoms with E-state index < -0.39 is 11.5 Å². The number of amides is 1. The summed E-state index contributed by atoms with van der Waals surface area (Å²) in [6, 6.07) is 5.02. The van der Waals surface area contributed by atoms with Crippen molar-refractivity contribution >= 4 is 23.5 Å². The third kappa shape index (κ3) is 5.09. The van der Waals surface area contributed by atoms with Gasteiger partial charge in [-0.1, -0.05) is 11.6 Å². The fourth-order valence-corrected chi connectivity index (χ4v) is 2.10. The molecule has 2 N–H and O–H groups in total. The molecule has 0 atom stereocenters. The van der Waals surface area contributed by atoms with Crippen molar-refractivity contribution in [2.45, 2.75) is 32.2 Å². The molecule has 0 unspecified atom stereocenters. The van der Waals surface area contributed by atoms with Gasteiger partial charge in [0, 0.05) is 16.1 Å². The molecular formula is C14H18ClNO4.